The van der Waals surface area contributed by atoms with Gasteiger partial charge in [0.05, 0.1) is 5.69 Å². The Labute approximate surface area is 140 Å². The lowest BCUT2D eigenvalue weighted by Crippen LogP contribution is -2.38. The van der Waals surface area contributed by atoms with Crippen LogP contribution in [0.5, 0.6) is 0 Å². The summed E-state index contributed by atoms with van der Waals surface area (Å²) in [7, 11) is 0. The molecule has 0 fully saturated rings. The quantitative estimate of drug-likeness (QED) is 0.796. The number of thiazole rings is 1. The van der Waals surface area contributed by atoms with Crippen LogP contribution < -0.4 is 5.32 Å². The summed E-state index contributed by atoms with van der Waals surface area (Å²) in [5.74, 6) is 1.20. The van der Waals surface area contributed by atoms with Crippen LogP contribution in [0.1, 0.15) is 30.9 Å². The van der Waals surface area contributed by atoms with Gasteiger partial charge in [0.1, 0.15) is 10.8 Å². The molecule has 1 N–H and O–H groups in total. The van der Waals surface area contributed by atoms with Crippen molar-refractivity contribution in [2.75, 3.05) is 0 Å². The second-order valence-corrected chi connectivity index (χ2v) is 6.92. The number of hydrogen-bond acceptors (Lipinski definition) is 4. The summed E-state index contributed by atoms with van der Waals surface area (Å²) in [5, 5.41) is 6.99. The van der Waals surface area contributed by atoms with Gasteiger partial charge in [-0.1, -0.05) is 30.3 Å². The second kappa shape index (κ2) is 6.26. The fraction of sp³-hybridized carbons (Fsp3) is 0.333. The van der Waals surface area contributed by atoms with Gasteiger partial charge in [-0.05, 0) is 13.3 Å². The molecule has 0 saturated heterocycles. The third-order valence-corrected chi connectivity index (χ3v) is 5.32. The van der Waals surface area contributed by atoms with Crippen molar-refractivity contribution < 1.29 is 0 Å². The van der Waals surface area contributed by atoms with Gasteiger partial charge in [-0.3, -0.25) is 0 Å². The van der Waals surface area contributed by atoms with Gasteiger partial charge in [0.15, 0.2) is 0 Å². The van der Waals surface area contributed by atoms with Crippen LogP contribution in [0, 0.1) is 0 Å². The topological polar surface area (TPSA) is 42.7 Å². The van der Waals surface area contributed by atoms with E-state index in [-0.39, 0.29) is 6.04 Å². The molecule has 23 heavy (non-hydrogen) atoms. The predicted octanol–water partition coefficient (Wildman–Crippen LogP) is 3.67. The van der Waals surface area contributed by atoms with Gasteiger partial charge in [-0.15, -0.1) is 11.3 Å². The third-order valence-electron chi connectivity index (χ3n) is 4.41. The van der Waals surface area contributed by atoms with Crippen LogP contribution in [0.4, 0.5) is 0 Å². The molecule has 1 aliphatic rings. The first kappa shape index (κ1) is 14.6. The molecule has 0 radical (unpaired) electrons. The van der Waals surface area contributed by atoms with Crippen molar-refractivity contribution in [2.45, 2.75) is 38.4 Å². The van der Waals surface area contributed by atoms with Crippen molar-refractivity contribution in [1.29, 1.82) is 0 Å². The van der Waals surface area contributed by atoms with Gasteiger partial charge in [0, 0.05) is 48.4 Å². The molecule has 0 saturated carbocycles. The zero-order valence-corrected chi connectivity index (χ0v) is 14.0. The molecule has 3 heterocycles. The Kier molecular flexibility index (Phi) is 3.97. The SMILES string of the molecule is CC(NC1CCc2nccn2C1)c1csc(-c2ccccc2)n1. The van der Waals surface area contributed by atoms with Crippen molar-refractivity contribution in [3.05, 3.63) is 59.6 Å². The normalized spacial score (nSPS) is 18.6. The zero-order valence-electron chi connectivity index (χ0n) is 13.1. The van der Waals surface area contributed by atoms with E-state index in [0.29, 0.717) is 6.04 Å². The number of hydrogen-bond donors (Lipinski definition) is 1. The minimum atomic E-state index is 0.263. The molecule has 0 bridgehead atoms. The fourth-order valence-electron chi connectivity index (χ4n) is 3.14. The fourth-order valence-corrected chi connectivity index (χ4v) is 4.06. The molecule has 0 amide bonds. The highest BCUT2D eigenvalue weighted by Crippen LogP contribution is 2.26. The molecule has 2 atom stereocenters. The Bertz CT molecular complexity index is 777. The van der Waals surface area contributed by atoms with Crippen LogP contribution >= 0.6 is 11.3 Å². The highest BCUT2D eigenvalue weighted by Gasteiger charge is 2.21. The third kappa shape index (κ3) is 3.07. The van der Waals surface area contributed by atoms with Crippen molar-refractivity contribution in [3.63, 3.8) is 0 Å². The van der Waals surface area contributed by atoms with Gasteiger partial charge >= 0.3 is 0 Å². The number of benzene rings is 1. The van der Waals surface area contributed by atoms with Crippen LogP contribution in [0.15, 0.2) is 48.1 Å². The van der Waals surface area contributed by atoms with E-state index in [1.807, 2.05) is 12.3 Å². The number of imidazole rings is 1. The van der Waals surface area contributed by atoms with E-state index in [1.165, 1.54) is 11.4 Å². The lowest BCUT2D eigenvalue weighted by atomic mass is 10.1. The monoisotopic (exact) mass is 324 g/mol. The van der Waals surface area contributed by atoms with Crippen LogP contribution in [0.25, 0.3) is 10.6 Å². The summed E-state index contributed by atoms with van der Waals surface area (Å²) in [5.41, 5.74) is 2.32. The van der Waals surface area contributed by atoms with Crippen molar-refractivity contribution in [1.82, 2.24) is 19.9 Å². The summed E-state index contributed by atoms with van der Waals surface area (Å²) in [6.45, 7) is 3.20. The molecular weight excluding hydrogens is 304 g/mol. The van der Waals surface area contributed by atoms with E-state index < -0.39 is 0 Å². The molecule has 3 aromatic rings. The first-order valence-electron chi connectivity index (χ1n) is 8.06. The van der Waals surface area contributed by atoms with E-state index in [2.05, 4.69) is 57.6 Å². The number of fused-ring (bicyclic) bond motifs is 1. The smallest absolute Gasteiger partial charge is 0.123 e. The lowest BCUT2D eigenvalue weighted by molar-refractivity contribution is 0.349. The van der Waals surface area contributed by atoms with E-state index in [4.69, 9.17) is 4.98 Å². The maximum atomic E-state index is 4.82. The summed E-state index contributed by atoms with van der Waals surface area (Å²) in [6, 6.07) is 11.1. The molecule has 1 aromatic carbocycles. The molecule has 4 nitrogen and oxygen atoms in total. The summed E-state index contributed by atoms with van der Waals surface area (Å²) < 4.78 is 2.25. The molecule has 1 aliphatic heterocycles. The van der Waals surface area contributed by atoms with Gasteiger partial charge in [0.25, 0.3) is 0 Å². The maximum Gasteiger partial charge on any atom is 0.123 e. The first-order chi connectivity index (χ1) is 11.3. The molecule has 118 valence electrons. The zero-order chi connectivity index (χ0) is 15.6. The van der Waals surface area contributed by atoms with Crippen LogP contribution in [0.2, 0.25) is 0 Å². The predicted molar refractivity (Wildman–Crippen MR) is 93.4 cm³/mol. The molecule has 0 aliphatic carbocycles. The molecular formula is C18H20N4S. The Balaban J connectivity index is 1.44. The van der Waals surface area contributed by atoms with Crippen molar-refractivity contribution in [2.24, 2.45) is 0 Å². The number of aromatic nitrogens is 3. The highest BCUT2D eigenvalue weighted by atomic mass is 32.1. The Morgan fingerprint density at radius 2 is 2.17 bits per heavy atom. The molecule has 2 unspecified atom stereocenters. The van der Waals surface area contributed by atoms with E-state index in [0.717, 1.165) is 30.1 Å². The minimum absolute atomic E-state index is 0.263. The van der Waals surface area contributed by atoms with E-state index >= 15 is 0 Å². The van der Waals surface area contributed by atoms with Gasteiger partial charge in [0.2, 0.25) is 0 Å². The standard InChI is InChI=1S/C18H20N4S/c1-13(20-15-7-8-17-19-9-10-22(17)11-15)16-12-23-18(21-16)14-5-3-2-4-6-14/h2-6,9-10,12-13,15,20H,7-8,11H2,1H3. The maximum absolute atomic E-state index is 4.82. The van der Waals surface area contributed by atoms with Gasteiger partial charge < -0.3 is 9.88 Å². The van der Waals surface area contributed by atoms with Crippen molar-refractivity contribution >= 4 is 11.3 Å². The Hall–Kier alpha value is -1.98. The Morgan fingerprint density at radius 3 is 3.04 bits per heavy atom. The molecule has 0 spiro atoms. The Morgan fingerprint density at radius 1 is 1.30 bits per heavy atom. The van der Waals surface area contributed by atoms with Crippen LogP contribution in [0.3, 0.4) is 0 Å². The average molecular weight is 324 g/mol. The summed E-state index contributed by atoms with van der Waals surface area (Å²) in [4.78, 5) is 9.21. The van der Waals surface area contributed by atoms with Crippen molar-refractivity contribution in [3.8, 4) is 10.6 Å². The number of nitrogens with one attached hydrogen (secondary N) is 1. The number of aryl methyl sites for hydroxylation is 1. The molecule has 5 heteroatoms. The summed E-state index contributed by atoms with van der Waals surface area (Å²) in [6.07, 6.45) is 6.15. The highest BCUT2D eigenvalue weighted by molar-refractivity contribution is 7.13. The molecule has 2 aromatic heterocycles. The number of rotatable bonds is 4. The summed E-state index contributed by atoms with van der Waals surface area (Å²) >= 11 is 1.72. The molecule has 4 rings (SSSR count). The second-order valence-electron chi connectivity index (χ2n) is 6.06. The number of nitrogens with zero attached hydrogens (tertiary/aromatic N) is 3. The lowest BCUT2D eigenvalue weighted by Gasteiger charge is -2.27. The van der Waals surface area contributed by atoms with Gasteiger partial charge in [-0.25, -0.2) is 9.97 Å². The first-order valence-corrected chi connectivity index (χ1v) is 8.94. The van der Waals surface area contributed by atoms with Crippen LogP contribution in [-0.2, 0) is 13.0 Å². The minimum Gasteiger partial charge on any atom is -0.333 e. The van der Waals surface area contributed by atoms with Gasteiger partial charge in [-0.2, -0.15) is 0 Å². The van der Waals surface area contributed by atoms with E-state index in [9.17, 15) is 0 Å². The van der Waals surface area contributed by atoms with E-state index in [1.54, 1.807) is 11.3 Å². The van der Waals surface area contributed by atoms with Crippen LogP contribution in [-0.4, -0.2) is 20.6 Å². The largest absolute Gasteiger partial charge is 0.333 e. The average Bonchev–Trinajstić information content (AvgIpc) is 3.24.